The highest BCUT2D eigenvalue weighted by Crippen LogP contribution is 2.24. The molecule has 0 heterocycles. The molecule has 0 amide bonds. The first kappa shape index (κ1) is 13.9. The quantitative estimate of drug-likeness (QED) is 0.546. The molecule has 0 spiro atoms. The number of aliphatic hydroxyl groups is 2. The van der Waals surface area contributed by atoms with E-state index in [1.54, 1.807) is 0 Å². The van der Waals surface area contributed by atoms with Crippen LogP contribution in [0.15, 0.2) is 0 Å². The second-order valence-corrected chi connectivity index (χ2v) is 5.14. The first-order chi connectivity index (χ1) is 7.65. The molecule has 2 rings (SSSR count). The summed E-state index contributed by atoms with van der Waals surface area (Å²) in [6.45, 7) is 1.49. The van der Waals surface area contributed by atoms with Gasteiger partial charge < -0.3 is 21.7 Å². The molecule has 0 saturated heterocycles. The van der Waals surface area contributed by atoms with Gasteiger partial charge in [-0.05, 0) is 63.5 Å². The molecule has 0 aliphatic heterocycles. The van der Waals surface area contributed by atoms with E-state index < -0.39 is 0 Å². The van der Waals surface area contributed by atoms with Gasteiger partial charge in [0.2, 0.25) is 0 Å². The molecule has 0 aromatic rings. The minimum Gasteiger partial charge on any atom is -0.393 e. The minimum absolute atomic E-state index is 0.0523. The fourth-order valence-electron chi connectivity index (χ4n) is 2.53. The van der Waals surface area contributed by atoms with Crippen LogP contribution in [0.3, 0.4) is 0 Å². The summed E-state index contributed by atoms with van der Waals surface area (Å²) in [4.78, 5) is 0. The van der Waals surface area contributed by atoms with Gasteiger partial charge in [-0.15, -0.1) is 0 Å². The first-order valence-corrected chi connectivity index (χ1v) is 6.42. The van der Waals surface area contributed by atoms with Crippen molar-refractivity contribution >= 4 is 0 Å². The predicted molar refractivity (Wildman–Crippen MR) is 64.8 cm³/mol. The van der Waals surface area contributed by atoms with Crippen LogP contribution in [-0.2, 0) is 0 Å². The van der Waals surface area contributed by atoms with Crippen LogP contribution in [0.25, 0.3) is 0 Å². The summed E-state index contributed by atoms with van der Waals surface area (Å²) in [5.74, 6) is 1.20. The van der Waals surface area contributed by atoms with E-state index in [1.807, 2.05) is 0 Å². The first-order valence-electron chi connectivity index (χ1n) is 6.42. The van der Waals surface area contributed by atoms with Gasteiger partial charge in [-0.3, -0.25) is 0 Å². The third kappa shape index (κ3) is 4.78. The summed E-state index contributed by atoms with van der Waals surface area (Å²) < 4.78 is 0. The highest BCUT2D eigenvalue weighted by molar-refractivity contribution is 4.75. The second-order valence-electron chi connectivity index (χ2n) is 5.14. The maximum absolute atomic E-state index is 8.98. The molecule has 4 nitrogen and oxygen atoms in total. The van der Waals surface area contributed by atoms with E-state index >= 15 is 0 Å². The molecule has 16 heavy (non-hydrogen) atoms. The van der Waals surface area contributed by atoms with E-state index in [9.17, 15) is 0 Å². The number of rotatable bonds is 2. The average molecular weight is 230 g/mol. The topological polar surface area (TPSA) is 92.5 Å². The van der Waals surface area contributed by atoms with Crippen molar-refractivity contribution in [2.45, 2.75) is 50.7 Å². The Bertz CT molecular complexity index is 170. The van der Waals surface area contributed by atoms with Crippen molar-refractivity contribution in [3.05, 3.63) is 0 Å². The molecule has 0 unspecified atom stereocenters. The monoisotopic (exact) mass is 230 g/mol. The third-order valence-electron chi connectivity index (χ3n) is 3.69. The highest BCUT2D eigenvalue weighted by atomic mass is 16.3. The lowest BCUT2D eigenvalue weighted by molar-refractivity contribution is 0.177. The predicted octanol–water partition coefficient (Wildman–Crippen LogP) is 0.212. The van der Waals surface area contributed by atoms with Gasteiger partial charge in [0.05, 0.1) is 12.2 Å². The van der Waals surface area contributed by atoms with Gasteiger partial charge in [-0.2, -0.15) is 0 Å². The zero-order valence-corrected chi connectivity index (χ0v) is 10.0. The summed E-state index contributed by atoms with van der Waals surface area (Å²) in [6, 6.07) is 0. The Morgan fingerprint density at radius 1 is 0.750 bits per heavy atom. The van der Waals surface area contributed by atoms with E-state index in [0.717, 1.165) is 51.6 Å². The molecule has 0 aromatic heterocycles. The molecule has 0 aromatic carbocycles. The molecule has 2 aliphatic rings. The normalized spacial score (nSPS) is 38.2. The van der Waals surface area contributed by atoms with E-state index in [4.69, 9.17) is 21.7 Å². The standard InChI is InChI=1S/2C6H13NO/c2*7-4-5-1-2-6(8)3-5/h2*5-6,8H,1-4,7H2/t2*5-,6-/m10/s1. The molecule has 0 radical (unpaired) electrons. The Labute approximate surface area is 98.0 Å². The van der Waals surface area contributed by atoms with Gasteiger partial charge in [0.1, 0.15) is 0 Å². The SMILES string of the molecule is NC[C@@H]1CC[C@@H](O)C1.NC[C@H]1CC[C@H](O)C1. The average Bonchev–Trinajstić information content (AvgIpc) is 2.88. The summed E-state index contributed by atoms with van der Waals surface area (Å²) in [5, 5.41) is 18.0. The molecule has 2 fully saturated rings. The van der Waals surface area contributed by atoms with E-state index in [0.29, 0.717) is 11.8 Å². The van der Waals surface area contributed by atoms with E-state index in [-0.39, 0.29) is 12.2 Å². The molecular weight excluding hydrogens is 204 g/mol. The van der Waals surface area contributed by atoms with Crippen molar-refractivity contribution < 1.29 is 10.2 Å². The summed E-state index contributed by atoms with van der Waals surface area (Å²) in [6.07, 6.45) is 5.92. The van der Waals surface area contributed by atoms with Crippen molar-refractivity contribution in [3.63, 3.8) is 0 Å². The Balaban J connectivity index is 0.000000160. The third-order valence-corrected chi connectivity index (χ3v) is 3.69. The maximum atomic E-state index is 8.98. The summed E-state index contributed by atoms with van der Waals surface area (Å²) in [7, 11) is 0. The van der Waals surface area contributed by atoms with Crippen molar-refractivity contribution in [2.24, 2.45) is 23.3 Å². The molecule has 0 bridgehead atoms. The molecule has 2 aliphatic carbocycles. The second kappa shape index (κ2) is 7.22. The van der Waals surface area contributed by atoms with Crippen molar-refractivity contribution in [1.82, 2.24) is 0 Å². The molecule has 2 saturated carbocycles. The van der Waals surface area contributed by atoms with Crippen molar-refractivity contribution in [2.75, 3.05) is 13.1 Å². The smallest absolute Gasteiger partial charge is 0.0543 e. The lowest BCUT2D eigenvalue weighted by atomic mass is 10.1. The van der Waals surface area contributed by atoms with Crippen LogP contribution in [0.1, 0.15) is 38.5 Å². The zero-order chi connectivity index (χ0) is 12.0. The summed E-state index contributed by atoms with van der Waals surface area (Å²) in [5.41, 5.74) is 10.8. The van der Waals surface area contributed by atoms with Gasteiger partial charge in [0, 0.05) is 0 Å². The number of hydrogen-bond donors (Lipinski definition) is 4. The fourth-order valence-corrected chi connectivity index (χ4v) is 2.53. The van der Waals surface area contributed by atoms with Crippen LogP contribution in [-0.4, -0.2) is 35.5 Å². The highest BCUT2D eigenvalue weighted by Gasteiger charge is 2.21. The lowest BCUT2D eigenvalue weighted by Gasteiger charge is -2.01. The Morgan fingerprint density at radius 2 is 1.12 bits per heavy atom. The van der Waals surface area contributed by atoms with Crippen LogP contribution in [0, 0.1) is 11.8 Å². The summed E-state index contributed by atoms with van der Waals surface area (Å²) >= 11 is 0. The van der Waals surface area contributed by atoms with Gasteiger partial charge in [-0.25, -0.2) is 0 Å². The Kier molecular flexibility index (Phi) is 6.28. The van der Waals surface area contributed by atoms with Gasteiger partial charge in [0.25, 0.3) is 0 Å². The Morgan fingerprint density at radius 3 is 1.25 bits per heavy atom. The van der Waals surface area contributed by atoms with E-state index in [2.05, 4.69) is 0 Å². The van der Waals surface area contributed by atoms with Gasteiger partial charge in [0.15, 0.2) is 0 Å². The molecular formula is C12H26N2O2. The van der Waals surface area contributed by atoms with Crippen LogP contribution < -0.4 is 11.5 Å². The fraction of sp³-hybridized carbons (Fsp3) is 1.00. The number of aliphatic hydroxyl groups excluding tert-OH is 2. The van der Waals surface area contributed by atoms with Gasteiger partial charge >= 0.3 is 0 Å². The van der Waals surface area contributed by atoms with Crippen LogP contribution in [0.4, 0.5) is 0 Å². The van der Waals surface area contributed by atoms with Crippen LogP contribution >= 0.6 is 0 Å². The van der Waals surface area contributed by atoms with Gasteiger partial charge in [-0.1, -0.05) is 0 Å². The number of nitrogens with two attached hydrogens (primary N) is 2. The van der Waals surface area contributed by atoms with Crippen LogP contribution in [0.2, 0.25) is 0 Å². The van der Waals surface area contributed by atoms with Crippen LogP contribution in [0.5, 0.6) is 0 Å². The minimum atomic E-state index is -0.0523. The molecule has 96 valence electrons. The van der Waals surface area contributed by atoms with Crippen molar-refractivity contribution in [1.29, 1.82) is 0 Å². The lowest BCUT2D eigenvalue weighted by Crippen LogP contribution is -2.11. The number of hydrogen-bond acceptors (Lipinski definition) is 4. The molecule has 4 heteroatoms. The zero-order valence-electron chi connectivity index (χ0n) is 10.0. The maximum Gasteiger partial charge on any atom is 0.0543 e. The largest absolute Gasteiger partial charge is 0.393 e. The van der Waals surface area contributed by atoms with Crippen molar-refractivity contribution in [3.8, 4) is 0 Å². The van der Waals surface area contributed by atoms with E-state index in [1.165, 1.54) is 0 Å². The molecule has 6 N–H and O–H groups in total. The Hall–Kier alpha value is -0.160. The molecule has 4 atom stereocenters.